The van der Waals surface area contributed by atoms with Crippen LogP contribution in [0.4, 0.5) is 0 Å². The number of hydrogen-bond donors (Lipinski definition) is 1. The maximum absolute atomic E-state index is 11.3. The quantitative estimate of drug-likeness (QED) is 0.920. The second-order valence-corrected chi connectivity index (χ2v) is 5.76. The minimum absolute atomic E-state index is 0. The van der Waals surface area contributed by atoms with Crippen LogP contribution in [-0.4, -0.2) is 37.7 Å². The Morgan fingerprint density at radius 2 is 2.25 bits per heavy atom. The van der Waals surface area contributed by atoms with E-state index in [4.69, 9.17) is 8.85 Å². The molecule has 1 aliphatic rings. The van der Waals surface area contributed by atoms with Crippen molar-refractivity contribution in [2.45, 2.75) is 38.7 Å². The number of rotatable bonds is 4. The number of ether oxygens (including phenoxy) is 1. The number of benzene rings is 1. The Balaban J connectivity index is 0.00000264. The van der Waals surface area contributed by atoms with Gasteiger partial charge in [0.05, 0.1) is 16.8 Å². The molecule has 0 unspecified atom stereocenters. The van der Waals surface area contributed by atoms with Crippen molar-refractivity contribution in [3.8, 4) is 5.75 Å². The average Bonchev–Trinajstić information content (AvgIpc) is 2.39. The molecule has 0 spiro atoms. The first-order valence-electron chi connectivity index (χ1n) is 8.37. The van der Waals surface area contributed by atoms with Crippen LogP contribution in [0.25, 0.3) is 0 Å². The maximum Gasteiger partial charge on any atom is 0.119 e. The molecule has 3 heteroatoms. The standard InChI is InChI=1S/C16H25NO2.CH4/c1-17(2)12-14-7-4-5-10-16(14,18)13-8-6-9-15(11-13)19-3;/h6,8-9,11,14,18H,4-5,7,10,12H2,1-3H3;1H4/t14-,16+;/m1./s1/i3D3;. The first-order valence-corrected chi connectivity index (χ1v) is 6.87. The third-order valence-corrected chi connectivity index (χ3v) is 4.07. The van der Waals surface area contributed by atoms with Gasteiger partial charge in [-0.2, -0.15) is 0 Å². The van der Waals surface area contributed by atoms with E-state index in [1.165, 1.54) is 0 Å². The predicted octanol–water partition coefficient (Wildman–Crippen LogP) is 3.27. The lowest BCUT2D eigenvalue weighted by atomic mass is 9.71. The van der Waals surface area contributed by atoms with Crippen molar-refractivity contribution in [3.63, 3.8) is 0 Å². The average molecular weight is 282 g/mol. The first kappa shape index (κ1) is 12.7. The van der Waals surface area contributed by atoms with E-state index in [0.29, 0.717) is 6.42 Å². The van der Waals surface area contributed by atoms with Crippen LogP contribution in [0.5, 0.6) is 5.75 Å². The Hall–Kier alpha value is -1.06. The molecule has 0 bridgehead atoms. The third kappa shape index (κ3) is 3.53. The van der Waals surface area contributed by atoms with Gasteiger partial charge in [0.25, 0.3) is 0 Å². The van der Waals surface area contributed by atoms with Gasteiger partial charge in [-0.25, -0.2) is 0 Å². The largest absolute Gasteiger partial charge is 0.497 e. The Morgan fingerprint density at radius 1 is 1.45 bits per heavy atom. The van der Waals surface area contributed by atoms with Crippen LogP contribution in [0, 0.1) is 5.92 Å². The summed E-state index contributed by atoms with van der Waals surface area (Å²) in [6.07, 6.45) is 3.76. The molecule has 1 fully saturated rings. The molecule has 1 saturated carbocycles. The Bertz CT molecular complexity index is 505. The summed E-state index contributed by atoms with van der Waals surface area (Å²) in [5.41, 5.74) is -0.169. The molecule has 3 nitrogen and oxygen atoms in total. The molecule has 114 valence electrons. The highest BCUT2D eigenvalue weighted by atomic mass is 16.5. The highest BCUT2D eigenvalue weighted by Crippen LogP contribution is 2.42. The van der Waals surface area contributed by atoms with Gasteiger partial charge in [0, 0.05) is 12.5 Å². The zero-order valence-electron chi connectivity index (χ0n) is 14.7. The van der Waals surface area contributed by atoms with E-state index in [9.17, 15) is 5.11 Å². The summed E-state index contributed by atoms with van der Waals surface area (Å²) >= 11 is 0. The van der Waals surface area contributed by atoms with Crippen molar-refractivity contribution in [2.75, 3.05) is 27.7 Å². The van der Waals surface area contributed by atoms with Gasteiger partial charge >= 0.3 is 0 Å². The van der Waals surface area contributed by atoms with Crippen molar-refractivity contribution in [3.05, 3.63) is 29.8 Å². The second-order valence-electron chi connectivity index (χ2n) is 5.76. The van der Waals surface area contributed by atoms with E-state index in [2.05, 4.69) is 4.90 Å². The van der Waals surface area contributed by atoms with Crippen LogP contribution >= 0.6 is 0 Å². The fourth-order valence-electron chi connectivity index (χ4n) is 3.12. The van der Waals surface area contributed by atoms with E-state index >= 15 is 0 Å². The van der Waals surface area contributed by atoms with Gasteiger partial charge in [0.2, 0.25) is 0 Å². The summed E-state index contributed by atoms with van der Waals surface area (Å²) in [6, 6.07) is 6.89. The molecule has 0 radical (unpaired) electrons. The topological polar surface area (TPSA) is 32.7 Å². The van der Waals surface area contributed by atoms with E-state index < -0.39 is 12.6 Å². The maximum atomic E-state index is 11.3. The number of nitrogens with zero attached hydrogens (tertiary/aromatic N) is 1. The van der Waals surface area contributed by atoms with Gasteiger partial charge in [-0.15, -0.1) is 0 Å². The molecule has 0 saturated heterocycles. The van der Waals surface area contributed by atoms with Crippen molar-refractivity contribution < 1.29 is 14.0 Å². The minimum atomic E-state index is -2.48. The normalized spacial score (nSPS) is 29.0. The molecular formula is C17H29NO2. The SMILES string of the molecule is C.[2H]C([2H])([2H])Oc1cccc([C@@]2(O)CCCC[C@@H]2CN(C)C)c1. The monoisotopic (exact) mass is 282 g/mol. The van der Waals surface area contributed by atoms with E-state index in [0.717, 1.165) is 31.4 Å². The fourth-order valence-corrected chi connectivity index (χ4v) is 3.12. The van der Waals surface area contributed by atoms with Gasteiger partial charge in [0.1, 0.15) is 5.75 Å². The molecule has 2 atom stereocenters. The summed E-state index contributed by atoms with van der Waals surface area (Å²) in [7, 11) is 1.53. The van der Waals surface area contributed by atoms with Crippen molar-refractivity contribution in [1.82, 2.24) is 4.90 Å². The molecule has 0 aromatic heterocycles. The summed E-state index contributed by atoms with van der Waals surface area (Å²) in [5.74, 6) is 0.416. The Kier molecular flexibility index (Phi) is 4.49. The molecule has 0 heterocycles. The second kappa shape index (κ2) is 7.09. The van der Waals surface area contributed by atoms with Crippen molar-refractivity contribution >= 4 is 0 Å². The molecule has 1 aromatic rings. The lowest BCUT2D eigenvalue weighted by Crippen LogP contribution is -2.43. The van der Waals surface area contributed by atoms with Gasteiger partial charge in [-0.05, 0) is 44.6 Å². The lowest BCUT2D eigenvalue weighted by molar-refractivity contribution is -0.0619. The van der Waals surface area contributed by atoms with Crippen LogP contribution in [0.2, 0.25) is 0 Å². The van der Waals surface area contributed by atoms with E-state index in [1.807, 2.05) is 20.2 Å². The third-order valence-electron chi connectivity index (χ3n) is 4.07. The van der Waals surface area contributed by atoms with Gasteiger partial charge < -0.3 is 14.7 Å². The minimum Gasteiger partial charge on any atom is -0.497 e. The fraction of sp³-hybridized carbons (Fsp3) is 0.647. The number of methoxy groups -OCH3 is 1. The van der Waals surface area contributed by atoms with Gasteiger partial charge in [0.15, 0.2) is 0 Å². The number of aliphatic hydroxyl groups is 1. The highest BCUT2D eigenvalue weighted by molar-refractivity contribution is 5.33. The molecule has 1 aromatic carbocycles. The lowest BCUT2D eigenvalue weighted by Gasteiger charge is -2.41. The highest BCUT2D eigenvalue weighted by Gasteiger charge is 2.40. The summed E-state index contributed by atoms with van der Waals surface area (Å²) in [4.78, 5) is 2.09. The summed E-state index contributed by atoms with van der Waals surface area (Å²) in [6.45, 7) is 0.806. The molecule has 0 aliphatic heterocycles. The van der Waals surface area contributed by atoms with Crippen LogP contribution in [-0.2, 0) is 5.60 Å². The molecule has 1 aliphatic carbocycles. The van der Waals surface area contributed by atoms with Crippen LogP contribution in [0.3, 0.4) is 0 Å². The first-order chi connectivity index (χ1) is 10.2. The smallest absolute Gasteiger partial charge is 0.119 e. The van der Waals surface area contributed by atoms with Crippen LogP contribution in [0.1, 0.15) is 42.8 Å². The molecule has 1 N–H and O–H groups in total. The molecule has 0 amide bonds. The number of hydrogen-bond acceptors (Lipinski definition) is 3. The zero-order valence-corrected chi connectivity index (χ0v) is 11.7. The predicted molar refractivity (Wildman–Crippen MR) is 84.1 cm³/mol. The van der Waals surface area contributed by atoms with Gasteiger partial charge in [-0.3, -0.25) is 0 Å². The van der Waals surface area contributed by atoms with Crippen molar-refractivity contribution in [1.29, 1.82) is 0 Å². The molecule has 20 heavy (non-hydrogen) atoms. The zero-order chi connectivity index (χ0) is 16.4. The van der Waals surface area contributed by atoms with Gasteiger partial charge in [-0.1, -0.05) is 32.4 Å². The van der Waals surface area contributed by atoms with Crippen molar-refractivity contribution in [2.24, 2.45) is 5.92 Å². The van der Waals surface area contributed by atoms with E-state index in [-0.39, 0.29) is 19.1 Å². The molecule has 2 rings (SSSR count). The van der Waals surface area contributed by atoms with Crippen LogP contribution in [0.15, 0.2) is 24.3 Å². The Labute approximate surface area is 127 Å². The van der Waals surface area contributed by atoms with Crippen LogP contribution < -0.4 is 4.74 Å². The van der Waals surface area contributed by atoms with E-state index in [1.54, 1.807) is 18.2 Å². The Morgan fingerprint density at radius 3 is 2.95 bits per heavy atom. The summed E-state index contributed by atoms with van der Waals surface area (Å²) < 4.78 is 26.6. The summed E-state index contributed by atoms with van der Waals surface area (Å²) in [5, 5.41) is 11.3. The molecular weight excluding hydrogens is 250 g/mol.